The van der Waals surface area contributed by atoms with Gasteiger partial charge < -0.3 is 4.90 Å². The molecule has 2 heterocycles. The Kier molecular flexibility index (Phi) is 4.83. The number of nitrogens with one attached hydrogen (secondary N) is 1. The first-order valence-electron chi connectivity index (χ1n) is 6.66. The Bertz CT molecular complexity index is 524. The van der Waals surface area contributed by atoms with Gasteiger partial charge in [0, 0.05) is 26.0 Å². The fourth-order valence-electron chi connectivity index (χ4n) is 1.78. The summed E-state index contributed by atoms with van der Waals surface area (Å²) in [6.07, 6.45) is 8.55. The predicted octanol–water partition coefficient (Wildman–Crippen LogP) is 0.969. The fraction of sp³-hybridized carbons (Fsp3) is 0.500. The molecule has 2 aromatic heterocycles. The molecule has 0 saturated heterocycles. The van der Waals surface area contributed by atoms with E-state index in [1.807, 2.05) is 11.9 Å². The number of nitrogens with zero attached hydrogens (tertiary/aromatic N) is 6. The smallest absolute Gasteiger partial charge is 0.243 e. The highest BCUT2D eigenvalue weighted by molar-refractivity contribution is 5.38. The van der Waals surface area contributed by atoms with E-state index >= 15 is 0 Å². The second-order valence-electron chi connectivity index (χ2n) is 4.50. The number of hydrazine groups is 1. The van der Waals surface area contributed by atoms with Gasteiger partial charge >= 0.3 is 0 Å². The van der Waals surface area contributed by atoms with Crippen LogP contribution in [0.5, 0.6) is 0 Å². The summed E-state index contributed by atoms with van der Waals surface area (Å²) in [7, 11) is 1.96. The van der Waals surface area contributed by atoms with Gasteiger partial charge in [0.25, 0.3) is 0 Å². The molecule has 108 valence electrons. The average molecular weight is 276 g/mol. The molecule has 20 heavy (non-hydrogen) atoms. The molecule has 8 heteroatoms. The van der Waals surface area contributed by atoms with E-state index in [9.17, 15) is 0 Å². The van der Waals surface area contributed by atoms with Gasteiger partial charge in [-0.2, -0.15) is 15.0 Å². The Morgan fingerprint density at radius 1 is 1.30 bits per heavy atom. The van der Waals surface area contributed by atoms with Crippen molar-refractivity contribution in [3.8, 4) is 5.95 Å². The van der Waals surface area contributed by atoms with Crippen molar-refractivity contribution in [1.29, 1.82) is 0 Å². The van der Waals surface area contributed by atoms with E-state index in [0.29, 0.717) is 17.8 Å². The number of nitrogen functional groups attached to an aromatic ring is 1. The van der Waals surface area contributed by atoms with Gasteiger partial charge in [-0.3, -0.25) is 9.99 Å². The van der Waals surface area contributed by atoms with Gasteiger partial charge in [-0.1, -0.05) is 19.8 Å². The van der Waals surface area contributed by atoms with Gasteiger partial charge in [0.05, 0.1) is 0 Å². The Labute approximate surface area is 118 Å². The Morgan fingerprint density at radius 3 is 2.80 bits per heavy atom. The summed E-state index contributed by atoms with van der Waals surface area (Å²) in [5.74, 6) is 6.83. The van der Waals surface area contributed by atoms with E-state index in [1.54, 1.807) is 23.3 Å². The van der Waals surface area contributed by atoms with E-state index in [4.69, 9.17) is 5.84 Å². The zero-order valence-corrected chi connectivity index (χ0v) is 11.8. The Balaban J connectivity index is 2.22. The highest BCUT2D eigenvalue weighted by atomic mass is 15.4. The van der Waals surface area contributed by atoms with Crippen LogP contribution < -0.4 is 16.2 Å². The first-order valence-corrected chi connectivity index (χ1v) is 6.66. The summed E-state index contributed by atoms with van der Waals surface area (Å²) in [6, 6.07) is 0. The third-order valence-electron chi connectivity index (χ3n) is 2.91. The second kappa shape index (κ2) is 6.80. The highest BCUT2D eigenvalue weighted by Crippen LogP contribution is 2.12. The number of anilines is 2. The largest absolute Gasteiger partial charge is 0.344 e. The van der Waals surface area contributed by atoms with Crippen LogP contribution in [0.25, 0.3) is 5.95 Å². The van der Waals surface area contributed by atoms with Gasteiger partial charge in [-0.25, -0.2) is 10.8 Å². The monoisotopic (exact) mass is 276 g/mol. The van der Waals surface area contributed by atoms with Crippen molar-refractivity contribution in [2.45, 2.75) is 26.2 Å². The zero-order chi connectivity index (χ0) is 14.4. The molecule has 0 unspecified atom stereocenters. The van der Waals surface area contributed by atoms with E-state index in [-0.39, 0.29) is 0 Å². The molecular formula is C12H20N8. The lowest BCUT2D eigenvalue weighted by molar-refractivity contribution is 0.693. The molecule has 0 aliphatic rings. The molecule has 8 nitrogen and oxygen atoms in total. The molecular weight excluding hydrogens is 256 g/mol. The molecule has 0 amide bonds. The van der Waals surface area contributed by atoms with Crippen molar-refractivity contribution in [3.63, 3.8) is 0 Å². The van der Waals surface area contributed by atoms with Crippen molar-refractivity contribution in [2.24, 2.45) is 5.84 Å². The number of rotatable bonds is 7. The van der Waals surface area contributed by atoms with E-state index in [0.717, 1.165) is 13.0 Å². The summed E-state index contributed by atoms with van der Waals surface area (Å²) in [5, 5.41) is 0. The third-order valence-corrected chi connectivity index (χ3v) is 2.91. The molecule has 0 radical (unpaired) electrons. The maximum absolute atomic E-state index is 5.42. The van der Waals surface area contributed by atoms with Gasteiger partial charge in [-0.05, 0) is 6.42 Å². The van der Waals surface area contributed by atoms with Crippen LogP contribution in [0, 0.1) is 0 Å². The number of unbranched alkanes of at least 4 members (excludes halogenated alkanes) is 2. The maximum Gasteiger partial charge on any atom is 0.243 e. The normalized spacial score (nSPS) is 10.6. The average Bonchev–Trinajstić information content (AvgIpc) is 3.01. The quantitative estimate of drug-likeness (QED) is 0.441. The first kappa shape index (κ1) is 14.2. The topological polar surface area (TPSA) is 97.8 Å². The molecule has 0 fully saturated rings. The SMILES string of the molecule is CCCCCN(C)c1nc(NN)nc(-n2ccnc2)n1. The van der Waals surface area contributed by atoms with Gasteiger partial charge in [-0.15, -0.1) is 0 Å². The summed E-state index contributed by atoms with van der Waals surface area (Å²) in [4.78, 5) is 18.9. The molecule has 0 atom stereocenters. The number of imidazole rings is 1. The number of nitrogens with two attached hydrogens (primary N) is 1. The lowest BCUT2D eigenvalue weighted by atomic mass is 10.2. The van der Waals surface area contributed by atoms with Gasteiger partial charge in [0.2, 0.25) is 17.8 Å². The van der Waals surface area contributed by atoms with Crippen LogP contribution in [0.3, 0.4) is 0 Å². The van der Waals surface area contributed by atoms with Crippen LogP contribution in [-0.2, 0) is 0 Å². The van der Waals surface area contributed by atoms with Crippen molar-refractivity contribution >= 4 is 11.9 Å². The van der Waals surface area contributed by atoms with Crippen LogP contribution in [0.4, 0.5) is 11.9 Å². The molecule has 3 N–H and O–H groups in total. The Hall–Kier alpha value is -2.22. The third kappa shape index (κ3) is 3.41. The van der Waals surface area contributed by atoms with E-state index in [2.05, 4.69) is 32.3 Å². The molecule has 2 aromatic rings. The highest BCUT2D eigenvalue weighted by Gasteiger charge is 2.10. The predicted molar refractivity (Wildman–Crippen MR) is 77.6 cm³/mol. The molecule has 0 aliphatic carbocycles. The number of aromatic nitrogens is 5. The van der Waals surface area contributed by atoms with Crippen molar-refractivity contribution in [3.05, 3.63) is 18.7 Å². The molecule has 2 rings (SSSR count). The van der Waals surface area contributed by atoms with Crippen molar-refractivity contribution in [2.75, 3.05) is 23.9 Å². The van der Waals surface area contributed by atoms with E-state index < -0.39 is 0 Å². The van der Waals surface area contributed by atoms with Crippen molar-refractivity contribution in [1.82, 2.24) is 24.5 Å². The minimum Gasteiger partial charge on any atom is -0.344 e. The zero-order valence-electron chi connectivity index (χ0n) is 11.8. The second-order valence-corrected chi connectivity index (χ2v) is 4.50. The van der Waals surface area contributed by atoms with Crippen molar-refractivity contribution < 1.29 is 0 Å². The molecule has 0 aliphatic heterocycles. The molecule has 0 spiro atoms. The summed E-state index contributed by atoms with van der Waals surface area (Å²) in [5.41, 5.74) is 2.47. The van der Waals surface area contributed by atoms with Crippen LogP contribution in [0.2, 0.25) is 0 Å². The maximum atomic E-state index is 5.42. The lowest BCUT2D eigenvalue weighted by Crippen LogP contribution is -2.23. The molecule has 0 aromatic carbocycles. The summed E-state index contributed by atoms with van der Waals surface area (Å²) < 4.78 is 1.71. The molecule has 0 saturated carbocycles. The summed E-state index contributed by atoms with van der Waals surface area (Å²) >= 11 is 0. The van der Waals surface area contributed by atoms with Crippen LogP contribution in [-0.4, -0.2) is 38.1 Å². The fourth-order valence-corrected chi connectivity index (χ4v) is 1.78. The van der Waals surface area contributed by atoms with Crippen LogP contribution in [0.15, 0.2) is 18.7 Å². The number of hydrogen-bond acceptors (Lipinski definition) is 7. The summed E-state index contributed by atoms with van der Waals surface area (Å²) in [6.45, 7) is 3.07. The molecule has 0 bridgehead atoms. The lowest BCUT2D eigenvalue weighted by Gasteiger charge is -2.17. The van der Waals surface area contributed by atoms with Crippen LogP contribution >= 0.6 is 0 Å². The minimum absolute atomic E-state index is 0.334. The van der Waals surface area contributed by atoms with Crippen LogP contribution in [0.1, 0.15) is 26.2 Å². The Morgan fingerprint density at radius 2 is 2.15 bits per heavy atom. The van der Waals surface area contributed by atoms with Gasteiger partial charge in [0.15, 0.2) is 0 Å². The standard InChI is InChI=1S/C12H20N8/c1-3-4-5-7-19(2)11-15-10(18-13)16-12(17-11)20-8-6-14-9-20/h6,8-9H,3-5,7,13H2,1-2H3,(H,15,16,17,18). The first-order chi connectivity index (χ1) is 9.74. The number of hydrogen-bond donors (Lipinski definition) is 2. The van der Waals surface area contributed by atoms with Gasteiger partial charge in [0.1, 0.15) is 6.33 Å². The van der Waals surface area contributed by atoms with E-state index in [1.165, 1.54) is 12.8 Å². The minimum atomic E-state index is 0.334.